The van der Waals surface area contributed by atoms with Crippen molar-refractivity contribution in [3.8, 4) is 0 Å². The number of methoxy groups -OCH3 is 1. The van der Waals surface area contributed by atoms with Gasteiger partial charge >= 0.3 is 5.97 Å². The van der Waals surface area contributed by atoms with Crippen LogP contribution in [0.25, 0.3) is 0 Å². The monoisotopic (exact) mass is 337 g/mol. The molecule has 0 aliphatic rings. The molecule has 0 radical (unpaired) electrons. The number of amides is 1. The first-order chi connectivity index (χ1) is 11.4. The van der Waals surface area contributed by atoms with Crippen LogP contribution in [0.4, 0.5) is 13.2 Å². The van der Waals surface area contributed by atoms with Crippen molar-refractivity contribution in [2.45, 2.75) is 12.5 Å². The third-order valence-electron chi connectivity index (χ3n) is 3.32. The summed E-state index contributed by atoms with van der Waals surface area (Å²) in [6.45, 7) is 0. The Morgan fingerprint density at radius 1 is 1.12 bits per heavy atom. The van der Waals surface area contributed by atoms with Crippen LogP contribution in [0, 0.1) is 17.5 Å². The van der Waals surface area contributed by atoms with Crippen LogP contribution >= 0.6 is 0 Å². The Morgan fingerprint density at radius 2 is 1.83 bits per heavy atom. The number of nitrogens with one attached hydrogen (secondary N) is 1. The van der Waals surface area contributed by atoms with Gasteiger partial charge in [0.1, 0.15) is 11.9 Å². The smallest absolute Gasteiger partial charge is 0.328 e. The van der Waals surface area contributed by atoms with Crippen LogP contribution in [0.2, 0.25) is 0 Å². The van der Waals surface area contributed by atoms with Crippen LogP contribution in [-0.2, 0) is 16.0 Å². The van der Waals surface area contributed by atoms with Gasteiger partial charge in [-0.3, -0.25) is 4.79 Å². The van der Waals surface area contributed by atoms with Crippen molar-refractivity contribution in [3.63, 3.8) is 0 Å². The predicted octanol–water partition coefficient (Wildman–Crippen LogP) is 2.62. The molecule has 24 heavy (non-hydrogen) atoms. The molecule has 0 aliphatic heterocycles. The second-order valence-electron chi connectivity index (χ2n) is 4.98. The number of carbonyl (C=O) groups is 2. The molecule has 2 aromatic rings. The van der Waals surface area contributed by atoms with Crippen LogP contribution in [-0.4, -0.2) is 25.0 Å². The van der Waals surface area contributed by atoms with Gasteiger partial charge in [0, 0.05) is 6.42 Å². The molecule has 7 heteroatoms. The van der Waals surface area contributed by atoms with Crippen LogP contribution < -0.4 is 5.32 Å². The normalized spacial score (nSPS) is 11.7. The maximum Gasteiger partial charge on any atom is 0.328 e. The van der Waals surface area contributed by atoms with Gasteiger partial charge in [0.25, 0.3) is 5.91 Å². The Balaban J connectivity index is 2.21. The number of hydrogen-bond donors (Lipinski definition) is 1. The molecule has 126 valence electrons. The van der Waals surface area contributed by atoms with Gasteiger partial charge in [-0.2, -0.15) is 0 Å². The number of hydrogen-bond acceptors (Lipinski definition) is 3. The molecule has 0 bridgehead atoms. The number of esters is 1. The van der Waals surface area contributed by atoms with Crippen LogP contribution in [0.15, 0.2) is 42.5 Å². The van der Waals surface area contributed by atoms with E-state index >= 15 is 0 Å². The lowest BCUT2D eigenvalue weighted by molar-refractivity contribution is -0.142. The van der Waals surface area contributed by atoms with E-state index in [-0.39, 0.29) is 6.42 Å². The molecule has 0 spiro atoms. The van der Waals surface area contributed by atoms with Crippen LogP contribution in [0.5, 0.6) is 0 Å². The zero-order chi connectivity index (χ0) is 17.7. The summed E-state index contributed by atoms with van der Waals surface area (Å²) >= 11 is 0. The molecule has 1 atom stereocenters. The molecule has 4 nitrogen and oxygen atoms in total. The summed E-state index contributed by atoms with van der Waals surface area (Å²) in [6.07, 6.45) is -0.0624. The molecule has 2 aromatic carbocycles. The number of carbonyl (C=O) groups excluding carboxylic acids is 2. The van der Waals surface area contributed by atoms with E-state index in [1.54, 1.807) is 6.07 Å². The maximum absolute atomic E-state index is 13.7. The first kappa shape index (κ1) is 17.5. The molecular formula is C17H14F3NO3. The third-order valence-corrected chi connectivity index (χ3v) is 3.32. The summed E-state index contributed by atoms with van der Waals surface area (Å²) in [7, 11) is 1.12. The van der Waals surface area contributed by atoms with Crippen molar-refractivity contribution in [1.82, 2.24) is 5.32 Å². The van der Waals surface area contributed by atoms with Crippen molar-refractivity contribution >= 4 is 11.9 Å². The average Bonchev–Trinajstić information content (AvgIpc) is 2.56. The topological polar surface area (TPSA) is 55.4 Å². The molecule has 1 N–H and O–H groups in total. The van der Waals surface area contributed by atoms with Crippen molar-refractivity contribution in [2.24, 2.45) is 0 Å². The molecule has 1 amide bonds. The molecule has 0 aliphatic carbocycles. The highest BCUT2D eigenvalue weighted by Crippen LogP contribution is 2.13. The van der Waals surface area contributed by atoms with Gasteiger partial charge < -0.3 is 10.1 Å². The molecule has 0 saturated carbocycles. The fraction of sp³-hybridized carbons (Fsp3) is 0.176. The van der Waals surface area contributed by atoms with Crippen LogP contribution in [0.1, 0.15) is 15.9 Å². The second-order valence-corrected chi connectivity index (χ2v) is 4.98. The summed E-state index contributed by atoms with van der Waals surface area (Å²) in [5.41, 5.74) is -0.103. The third kappa shape index (κ3) is 4.13. The molecular weight excluding hydrogens is 323 g/mol. The highest BCUT2D eigenvalue weighted by atomic mass is 19.2. The van der Waals surface area contributed by atoms with E-state index in [9.17, 15) is 22.8 Å². The minimum absolute atomic E-state index is 0.0624. The maximum atomic E-state index is 13.7. The van der Waals surface area contributed by atoms with Gasteiger partial charge in [0.2, 0.25) is 0 Å². The van der Waals surface area contributed by atoms with Gasteiger partial charge in [-0.1, -0.05) is 18.2 Å². The Morgan fingerprint density at radius 3 is 2.50 bits per heavy atom. The van der Waals surface area contributed by atoms with Crippen molar-refractivity contribution in [3.05, 3.63) is 71.0 Å². The van der Waals surface area contributed by atoms with Crippen molar-refractivity contribution in [2.75, 3.05) is 7.11 Å². The average molecular weight is 337 g/mol. The van der Waals surface area contributed by atoms with E-state index in [1.165, 1.54) is 24.3 Å². The number of halogens is 3. The minimum Gasteiger partial charge on any atom is -0.467 e. The molecule has 0 unspecified atom stereocenters. The van der Waals surface area contributed by atoms with Gasteiger partial charge in [-0.05, 0) is 29.8 Å². The molecule has 0 saturated heterocycles. The minimum atomic E-state index is -1.32. The quantitative estimate of drug-likeness (QED) is 0.854. The van der Waals surface area contributed by atoms with Gasteiger partial charge in [0.05, 0.1) is 12.7 Å². The number of rotatable bonds is 5. The summed E-state index contributed by atoms with van der Waals surface area (Å²) in [5.74, 6) is -4.76. The fourth-order valence-corrected chi connectivity index (χ4v) is 2.15. The lowest BCUT2D eigenvalue weighted by Crippen LogP contribution is -2.43. The van der Waals surface area contributed by atoms with Gasteiger partial charge in [-0.25, -0.2) is 18.0 Å². The summed E-state index contributed by atoms with van der Waals surface area (Å²) in [6, 6.07) is 7.41. The first-order valence-electron chi connectivity index (χ1n) is 6.99. The lowest BCUT2D eigenvalue weighted by Gasteiger charge is -2.17. The molecule has 0 aromatic heterocycles. The van der Waals surface area contributed by atoms with E-state index < -0.39 is 40.9 Å². The van der Waals surface area contributed by atoms with E-state index in [2.05, 4.69) is 10.1 Å². The Hall–Kier alpha value is -2.83. The predicted molar refractivity (Wildman–Crippen MR) is 79.7 cm³/mol. The van der Waals surface area contributed by atoms with Crippen molar-refractivity contribution in [1.29, 1.82) is 0 Å². The highest BCUT2D eigenvalue weighted by molar-refractivity contribution is 5.97. The van der Waals surface area contributed by atoms with E-state index in [4.69, 9.17) is 0 Å². The summed E-state index contributed by atoms with van der Waals surface area (Å²) < 4.78 is 44.7. The van der Waals surface area contributed by atoms with E-state index in [1.807, 2.05) is 0 Å². The first-order valence-corrected chi connectivity index (χ1v) is 6.99. The van der Waals surface area contributed by atoms with Crippen LogP contribution in [0.3, 0.4) is 0 Å². The van der Waals surface area contributed by atoms with E-state index in [0.29, 0.717) is 5.56 Å². The fourth-order valence-electron chi connectivity index (χ4n) is 2.15. The summed E-state index contributed by atoms with van der Waals surface area (Å²) in [5, 5.41) is 2.28. The standard InChI is InChI=1S/C17H14F3NO3/c1-24-17(23)14(9-10-4-2-5-11(18)8-10)21-16(22)12-6-3-7-13(19)15(12)20/h2-8,14H,9H2,1H3,(H,21,22)/t14-/m1/s1. The zero-order valence-corrected chi connectivity index (χ0v) is 12.7. The van der Waals surface area contributed by atoms with E-state index in [0.717, 1.165) is 19.2 Å². The zero-order valence-electron chi connectivity index (χ0n) is 12.7. The largest absolute Gasteiger partial charge is 0.467 e. The Bertz CT molecular complexity index is 764. The lowest BCUT2D eigenvalue weighted by atomic mass is 10.0. The van der Waals surface area contributed by atoms with Crippen molar-refractivity contribution < 1.29 is 27.5 Å². The molecule has 2 rings (SSSR count). The second kappa shape index (κ2) is 7.63. The van der Waals surface area contributed by atoms with Gasteiger partial charge in [-0.15, -0.1) is 0 Å². The number of ether oxygens (including phenoxy) is 1. The Kier molecular flexibility index (Phi) is 5.57. The molecule has 0 fully saturated rings. The number of benzene rings is 2. The molecule has 0 heterocycles. The highest BCUT2D eigenvalue weighted by Gasteiger charge is 2.24. The SMILES string of the molecule is COC(=O)[C@@H](Cc1cccc(F)c1)NC(=O)c1cccc(F)c1F. The van der Waals surface area contributed by atoms with Gasteiger partial charge in [0.15, 0.2) is 11.6 Å². The summed E-state index contributed by atoms with van der Waals surface area (Å²) in [4.78, 5) is 23.9. The Labute approximate surface area is 136 Å².